The van der Waals surface area contributed by atoms with E-state index >= 15 is 0 Å². The smallest absolute Gasteiger partial charge is 0.258 e. The minimum atomic E-state index is -0.365. The van der Waals surface area contributed by atoms with Crippen LogP contribution in [0.25, 0.3) is 0 Å². The molecule has 5 heteroatoms. The minimum Gasteiger partial charge on any atom is -0.354 e. The van der Waals surface area contributed by atoms with Gasteiger partial charge >= 0.3 is 0 Å². The number of benzene rings is 3. The van der Waals surface area contributed by atoms with Gasteiger partial charge in [-0.1, -0.05) is 48.0 Å². The van der Waals surface area contributed by atoms with Crippen molar-refractivity contribution in [3.8, 4) is 0 Å². The molecule has 0 saturated heterocycles. The fourth-order valence-corrected chi connectivity index (χ4v) is 3.12. The van der Waals surface area contributed by atoms with E-state index < -0.39 is 0 Å². The molecule has 2 amide bonds. The number of aryl methyl sites for hydroxylation is 2. The van der Waals surface area contributed by atoms with Crippen LogP contribution in [0, 0.1) is 12.7 Å². The van der Waals surface area contributed by atoms with Gasteiger partial charge in [0.1, 0.15) is 5.82 Å². The zero-order chi connectivity index (χ0) is 21.3. The van der Waals surface area contributed by atoms with Gasteiger partial charge < -0.3 is 10.2 Å². The first-order valence-electron chi connectivity index (χ1n) is 9.97. The van der Waals surface area contributed by atoms with Crippen molar-refractivity contribution in [3.63, 3.8) is 0 Å². The van der Waals surface area contributed by atoms with E-state index in [9.17, 15) is 14.0 Å². The fourth-order valence-electron chi connectivity index (χ4n) is 3.12. The minimum absolute atomic E-state index is 0.0688. The molecule has 0 fully saturated rings. The van der Waals surface area contributed by atoms with Crippen molar-refractivity contribution in [3.05, 3.63) is 101 Å². The first kappa shape index (κ1) is 21.2. The standard InChI is InChI=1S/C25H25FN2O2/c1-19-7-10-21(11-8-19)25(30)28(23-14-12-22(26)13-15-23)18-17-27-24(29)16-9-20-5-3-2-4-6-20/h2-8,10-15H,9,16-18H2,1H3,(H,27,29). The third kappa shape index (κ3) is 6.01. The number of anilines is 1. The van der Waals surface area contributed by atoms with E-state index in [4.69, 9.17) is 0 Å². The van der Waals surface area contributed by atoms with Gasteiger partial charge in [0.05, 0.1) is 0 Å². The Hall–Kier alpha value is -3.47. The van der Waals surface area contributed by atoms with Gasteiger partial charge in [-0.2, -0.15) is 0 Å². The second kappa shape index (κ2) is 10.3. The Morgan fingerprint density at radius 2 is 1.57 bits per heavy atom. The lowest BCUT2D eigenvalue weighted by Crippen LogP contribution is -2.38. The van der Waals surface area contributed by atoms with E-state index in [0.717, 1.165) is 11.1 Å². The summed E-state index contributed by atoms with van der Waals surface area (Å²) in [7, 11) is 0. The molecule has 0 aliphatic carbocycles. The third-order valence-electron chi connectivity index (χ3n) is 4.82. The molecule has 0 radical (unpaired) electrons. The maximum absolute atomic E-state index is 13.3. The topological polar surface area (TPSA) is 49.4 Å². The lowest BCUT2D eigenvalue weighted by molar-refractivity contribution is -0.121. The van der Waals surface area contributed by atoms with Crippen molar-refractivity contribution >= 4 is 17.5 Å². The molecule has 0 unspecified atom stereocenters. The van der Waals surface area contributed by atoms with E-state index in [1.807, 2.05) is 49.4 Å². The second-order valence-electron chi connectivity index (χ2n) is 7.13. The number of halogens is 1. The monoisotopic (exact) mass is 404 g/mol. The molecule has 0 heterocycles. The van der Waals surface area contributed by atoms with Crippen LogP contribution in [0.5, 0.6) is 0 Å². The SMILES string of the molecule is Cc1ccc(C(=O)N(CCNC(=O)CCc2ccccc2)c2ccc(F)cc2)cc1. The van der Waals surface area contributed by atoms with Gasteiger partial charge in [0.2, 0.25) is 5.91 Å². The summed E-state index contributed by atoms with van der Waals surface area (Å²) in [5, 5.41) is 2.87. The Kier molecular flexibility index (Phi) is 7.33. The van der Waals surface area contributed by atoms with Crippen LogP contribution in [-0.2, 0) is 11.2 Å². The van der Waals surface area contributed by atoms with Crippen molar-refractivity contribution in [1.82, 2.24) is 5.32 Å². The number of carbonyl (C=O) groups excluding carboxylic acids is 2. The average molecular weight is 404 g/mol. The molecule has 1 N–H and O–H groups in total. The van der Waals surface area contributed by atoms with Crippen molar-refractivity contribution in [2.45, 2.75) is 19.8 Å². The normalized spacial score (nSPS) is 10.5. The highest BCUT2D eigenvalue weighted by atomic mass is 19.1. The third-order valence-corrected chi connectivity index (χ3v) is 4.82. The zero-order valence-electron chi connectivity index (χ0n) is 17.0. The van der Waals surface area contributed by atoms with Gasteiger partial charge in [0.25, 0.3) is 5.91 Å². The summed E-state index contributed by atoms with van der Waals surface area (Å²) in [6.45, 7) is 2.55. The lowest BCUT2D eigenvalue weighted by Gasteiger charge is -2.23. The largest absolute Gasteiger partial charge is 0.354 e. The van der Waals surface area contributed by atoms with Gasteiger partial charge in [-0.25, -0.2) is 4.39 Å². The van der Waals surface area contributed by atoms with Crippen molar-refractivity contribution in [2.75, 3.05) is 18.0 Å². The summed E-state index contributed by atoms with van der Waals surface area (Å²) in [6, 6.07) is 22.9. The Morgan fingerprint density at radius 1 is 0.900 bits per heavy atom. The van der Waals surface area contributed by atoms with Crippen molar-refractivity contribution < 1.29 is 14.0 Å². The Morgan fingerprint density at radius 3 is 2.23 bits per heavy atom. The van der Waals surface area contributed by atoms with Crippen LogP contribution in [0.4, 0.5) is 10.1 Å². The van der Waals surface area contributed by atoms with Crippen LogP contribution in [0.2, 0.25) is 0 Å². The lowest BCUT2D eigenvalue weighted by atomic mass is 10.1. The molecule has 3 aromatic rings. The first-order chi connectivity index (χ1) is 14.5. The van der Waals surface area contributed by atoms with E-state index in [1.54, 1.807) is 29.2 Å². The van der Waals surface area contributed by atoms with Gasteiger partial charge in [-0.15, -0.1) is 0 Å². The molecule has 3 aromatic carbocycles. The molecule has 0 saturated carbocycles. The predicted molar refractivity (Wildman–Crippen MR) is 117 cm³/mol. The summed E-state index contributed by atoms with van der Waals surface area (Å²) < 4.78 is 13.3. The highest BCUT2D eigenvalue weighted by Crippen LogP contribution is 2.18. The van der Waals surface area contributed by atoms with Gasteiger partial charge in [-0.05, 0) is 55.3 Å². The van der Waals surface area contributed by atoms with Crippen LogP contribution in [0.1, 0.15) is 27.9 Å². The molecule has 30 heavy (non-hydrogen) atoms. The van der Waals surface area contributed by atoms with Crippen LogP contribution in [0.3, 0.4) is 0 Å². The summed E-state index contributed by atoms with van der Waals surface area (Å²) in [5.41, 5.74) is 3.29. The quantitative estimate of drug-likeness (QED) is 0.600. The predicted octanol–water partition coefficient (Wildman–Crippen LogP) is 4.53. The molecule has 154 valence electrons. The molecular weight excluding hydrogens is 379 g/mol. The van der Waals surface area contributed by atoms with Gasteiger partial charge in [0.15, 0.2) is 0 Å². The van der Waals surface area contributed by atoms with Crippen LogP contribution in [-0.4, -0.2) is 24.9 Å². The second-order valence-corrected chi connectivity index (χ2v) is 7.13. The maximum atomic E-state index is 13.3. The number of carbonyl (C=O) groups is 2. The fraction of sp³-hybridized carbons (Fsp3) is 0.200. The number of nitrogens with zero attached hydrogens (tertiary/aromatic N) is 1. The van der Waals surface area contributed by atoms with Crippen molar-refractivity contribution in [1.29, 1.82) is 0 Å². The van der Waals surface area contributed by atoms with Gasteiger partial charge in [0, 0.05) is 30.8 Å². The molecule has 0 aliphatic heterocycles. The van der Waals surface area contributed by atoms with E-state index in [2.05, 4.69) is 5.32 Å². The first-order valence-corrected chi connectivity index (χ1v) is 9.97. The highest BCUT2D eigenvalue weighted by molar-refractivity contribution is 6.06. The Bertz CT molecular complexity index is 970. The molecule has 0 aliphatic rings. The molecule has 3 rings (SSSR count). The van der Waals surface area contributed by atoms with Gasteiger partial charge in [-0.3, -0.25) is 9.59 Å². The molecule has 0 atom stereocenters. The molecule has 0 aromatic heterocycles. The molecule has 0 bridgehead atoms. The zero-order valence-corrected chi connectivity index (χ0v) is 17.0. The van der Waals surface area contributed by atoms with E-state index in [0.29, 0.717) is 30.6 Å². The highest BCUT2D eigenvalue weighted by Gasteiger charge is 2.18. The number of amides is 2. The summed E-state index contributed by atoms with van der Waals surface area (Å²) >= 11 is 0. The van der Waals surface area contributed by atoms with E-state index in [1.165, 1.54) is 12.1 Å². The molecule has 4 nitrogen and oxygen atoms in total. The van der Waals surface area contributed by atoms with Crippen LogP contribution in [0.15, 0.2) is 78.9 Å². The van der Waals surface area contributed by atoms with Crippen LogP contribution >= 0.6 is 0 Å². The maximum Gasteiger partial charge on any atom is 0.258 e. The number of hydrogen-bond donors (Lipinski definition) is 1. The molecular formula is C25H25FN2O2. The molecule has 0 spiro atoms. The summed E-state index contributed by atoms with van der Waals surface area (Å²) in [4.78, 5) is 26.8. The summed E-state index contributed by atoms with van der Waals surface area (Å²) in [5.74, 6) is -0.628. The van der Waals surface area contributed by atoms with E-state index in [-0.39, 0.29) is 24.2 Å². The van der Waals surface area contributed by atoms with Crippen molar-refractivity contribution in [2.24, 2.45) is 0 Å². The Labute approximate surface area is 176 Å². The number of nitrogens with one attached hydrogen (secondary N) is 1. The number of rotatable bonds is 8. The average Bonchev–Trinajstić information content (AvgIpc) is 2.77. The summed E-state index contributed by atoms with van der Waals surface area (Å²) in [6.07, 6.45) is 1.04. The Balaban J connectivity index is 1.62. The van der Waals surface area contributed by atoms with Crippen LogP contribution < -0.4 is 10.2 Å². The number of hydrogen-bond acceptors (Lipinski definition) is 2.